The van der Waals surface area contributed by atoms with Gasteiger partial charge in [0.25, 0.3) is 0 Å². The summed E-state index contributed by atoms with van der Waals surface area (Å²) in [6.07, 6.45) is -10.9. The first-order valence-electron chi connectivity index (χ1n) is 9.20. The van der Waals surface area contributed by atoms with Gasteiger partial charge in [-0.15, -0.1) is 0 Å². The minimum absolute atomic E-state index is 0.0567. The highest BCUT2D eigenvalue weighted by molar-refractivity contribution is 6.08. The van der Waals surface area contributed by atoms with Crippen LogP contribution in [0.15, 0.2) is 47.5 Å². The van der Waals surface area contributed by atoms with Gasteiger partial charge in [0, 0.05) is 23.5 Å². The van der Waals surface area contributed by atoms with Gasteiger partial charge >= 0.3 is 12.4 Å². The summed E-state index contributed by atoms with van der Waals surface area (Å²) in [6, 6.07) is 7.24. The number of amides is 2. The largest absolute Gasteiger partial charge is 0.416 e. The van der Waals surface area contributed by atoms with Crippen LogP contribution in [0.3, 0.4) is 0 Å². The minimum atomic E-state index is -5.05. The van der Waals surface area contributed by atoms with Crippen LogP contribution in [0.25, 0.3) is 0 Å². The number of hydrogen-bond acceptors (Lipinski definition) is 4. The maximum Gasteiger partial charge on any atom is 0.416 e. The van der Waals surface area contributed by atoms with Crippen LogP contribution in [0.4, 0.5) is 37.7 Å². The monoisotopic (exact) mass is 458 g/mol. The van der Waals surface area contributed by atoms with Gasteiger partial charge in [-0.3, -0.25) is 14.6 Å². The molecular weight excluding hydrogens is 442 g/mol. The molecule has 0 saturated carbocycles. The van der Waals surface area contributed by atoms with E-state index in [2.05, 4.69) is 15.6 Å². The first-order valence-corrected chi connectivity index (χ1v) is 9.20. The van der Waals surface area contributed by atoms with E-state index >= 15 is 0 Å². The van der Waals surface area contributed by atoms with Crippen LogP contribution in [0, 0.1) is 0 Å². The lowest BCUT2D eigenvalue weighted by Gasteiger charge is -2.15. The van der Waals surface area contributed by atoms with Crippen LogP contribution in [0.1, 0.15) is 23.1 Å². The number of alkyl halides is 6. The number of halogens is 6. The molecule has 0 atom stereocenters. The van der Waals surface area contributed by atoms with Crippen molar-refractivity contribution in [2.75, 3.05) is 23.7 Å². The molecule has 0 unspecified atom stereocenters. The van der Waals surface area contributed by atoms with Crippen molar-refractivity contribution >= 4 is 29.0 Å². The summed E-state index contributed by atoms with van der Waals surface area (Å²) in [4.78, 5) is 28.4. The van der Waals surface area contributed by atoms with E-state index in [1.165, 1.54) is 0 Å². The van der Waals surface area contributed by atoms with Gasteiger partial charge in [0.1, 0.15) is 12.3 Å². The van der Waals surface area contributed by atoms with E-state index in [1.807, 2.05) is 5.32 Å². The third-order valence-corrected chi connectivity index (χ3v) is 4.29. The van der Waals surface area contributed by atoms with E-state index in [1.54, 1.807) is 24.3 Å². The molecule has 0 saturated heterocycles. The molecule has 1 aliphatic rings. The quantitative estimate of drug-likeness (QED) is 0.467. The second kappa shape index (κ2) is 8.89. The smallest absolute Gasteiger partial charge is 0.368 e. The molecule has 3 N–H and O–H groups in total. The Morgan fingerprint density at radius 2 is 1.47 bits per heavy atom. The Labute approximate surface area is 177 Å². The molecule has 2 aromatic carbocycles. The number of rotatable bonds is 5. The Morgan fingerprint density at radius 1 is 0.875 bits per heavy atom. The normalized spacial score (nSPS) is 13.9. The Kier molecular flexibility index (Phi) is 6.42. The molecule has 3 rings (SSSR count). The van der Waals surface area contributed by atoms with Crippen molar-refractivity contribution in [3.05, 3.63) is 59.2 Å². The van der Waals surface area contributed by atoms with Crippen molar-refractivity contribution in [3.63, 3.8) is 0 Å². The number of carbonyl (C=O) groups excluding carboxylic acids is 2. The first-order chi connectivity index (χ1) is 14.9. The fourth-order valence-corrected chi connectivity index (χ4v) is 2.92. The van der Waals surface area contributed by atoms with Gasteiger partial charge in [-0.05, 0) is 30.3 Å². The fraction of sp³-hybridized carbons (Fsp3) is 0.250. The Hall–Kier alpha value is -3.57. The van der Waals surface area contributed by atoms with Crippen molar-refractivity contribution < 1.29 is 35.9 Å². The molecule has 6 nitrogen and oxygen atoms in total. The number of aliphatic imine (C=N–C) groups is 1. The van der Waals surface area contributed by atoms with Crippen LogP contribution in [0.2, 0.25) is 0 Å². The van der Waals surface area contributed by atoms with E-state index in [0.29, 0.717) is 42.3 Å². The molecular formula is C20H16F6N4O2. The lowest BCUT2D eigenvalue weighted by molar-refractivity contribution is -0.143. The van der Waals surface area contributed by atoms with E-state index in [4.69, 9.17) is 0 Å². The van der Waals surface area contributed by atoms with Crippen molar-refractivity contribution in [2.45, 2.75) is 18.8 Å². The van der Waals surface area contributed by atoms with Crippen molar-refractivity contribution in [3.8, 4) is 0 Å². The molecule has 2 amide bonds. The maximum atomic E-state index is 12.9. The lowest BCUT2D eigenvalue weighted by atomic mass is 10.1. The summed E-state index contributed by atoms with van der Waals surface area (Å²) in [5.74, 6) is -1.24. The molecule has 0 aromatic heterocycles. The van der Waals surface area contributed by atoms with Crippen molar-refractivity contribution in [2.24, 2.45) is 4.99 Å². The zero-order valence-electron chi connectivity index (χ0n) is 16.2. The summed E-state index contributed by atoms with van der Waals surface area (Å²) in [5, 5.41) is 7.42. The zero-order chi connectivity index (χ0) is 23.5. The average molecular weight is 458 g/mol. The number of benzene rings is 2. The summed E-state index contributed by atoms with van der Waals surface area (Å²) in [7, 11) is 0. The van der Waals surface area contributed by atoms with Gasteiger partial charge in [0.2, 0.25) is 11.8 Å². The van der Waals surface area contributed by atoms with E-state index in [-0.39, 0.29) is 6.07 Å². The zero-order valence-corrected chi connectivity index (χ0v) is 16.2. The highest BCUT2D eigenvalue weighted by atomic mass is 19.4. The third-order valence-electron chi connectivity index (χ3n) is 4.29. The van der Waals surface area contributed by atoms with Crippen molar-refractivity contribution in [1.29, 1.82) is 0 Å². The molecule has 0 spiro atoms. The maximum absolute atomic E-state index is 12.9. The second-order valence-electron chi connectivity index (χ2n) is 6.81. The Balaban J connectivity index is 1.68. The predicted molar refractivity (Wildman–Crippen MR) is 104 cm³/mol. The molecule has 1 aliphatic heterocycles. The molecule has 0 aliphatic carbocycles. The highest BCUT2D eigenvalue weighted by Gasteiger charge is 2.37. The highest BCUT2D eigenvalue weighted by Crippen LogP contribution is 2.37. The van der Waals surface area contributed by atoms with Crippen LogP contribution in [0.5, 0.6) is 0 Å². The topological polar surface area (TPSA) is 82.6 Å². The number of nitrogens with one attached hydrogen (secondary N) is 3. The SMILES string of the molecule is O=C(CC(=O)Nc1cc(C(F)(F)F)cc(C(F)(F)F)c1)Nc1cccc(C2=NCCN2)c1. The summed E-state index contributed by atoms with van der Waals surface area (Å²) < 4.78 is 77.5. The van der Waals surface area contributed by atoms with Crippen LogP contribution in [-0.2, 0) is 21.9 Å². The fourth-order valence-electron chi connectivity index (χ4n) is 2.92. The molecule has 32 heavy (non-hydrogen) atoms. The standard InChI is InChI=1S/C20H16F6N4O2/c21-19(22,23)12-7-13(20(24,25)26)9-15(8-12)30-17(32)10-16(31)29-14-3-1-2-11(6-14)18-27-4-5-28-18/h1-3,6-9H,4-5,10H2,(H,27,28)(H,29,31)(H,30,32). The van der Waals surface area contributed by atoms with Crippen LogP contribution in [-0.4, -0.2) is 30.7 Å². The van der Waals surface area contributed by atoms with E-state index in [0.717, 1.165) is 0 Å². The van der Waals surface area contributed by atoms with Gasteiger partial charge in [-0.2, -0.15) is 26.3 Å². The molecule has 2 aromatic rings. The molecule has 12 heteroatoms. The Morgan fingerprint density at radius 3 is 2.00 bits per heavy atom. The first kappa shape index (κ1) is 23.1. The van der Waals surface area contributed by atoms with Gasteiger partial charge in [-0.1, -0.05) is 12.1 Å². The van der Waals surface area contributed by atoms with E-state index in [9.17, 15) is 35.9 Å². The van der Waals surface area contributed by atoms with Gasteiger partial charge in [-0.25, -0.2) is 0 Å². The molecule has 0 bridgehead atoms. The summed E-state index contributed by atoms with van der Waals surface area (Å²) in [6.45, 7) is 1.29. The van der Waals surface area contributed by atoms with Gasteiger partial charge < -0.3 is 16.0 Å². The predicted octanol–water partition coefficient (Wildman–Crippen LogP) is 4.04. The molecule has 1 heterocycles. The molecule has 0 radical (unpaired) electrons. The second-order valence-corrected chi connectivity index (χ2v) is 6.81. The number of carbonyl (C=O) groups is 2. The number of anilines is 2. The van der Waals surface area contributed by atoms with Gasteiger partial charge in [0.15, 0.2) is 0 Å². The van der Waals surface area contributed by atoms with Crippen LogP contribution < -0.4 is 16.0 Å². The Bertz CT molecular complexity index is 1030. The van der Waals surface area contributed by atoms with Crippen LogP contribution >= 0.6 is 0 Å². The molecule has 170 valence electrons. The minimum Gasteiger partial charge on any atom is -0.368 e. The summed E-state index contributed by atoms with van der Waals surface area (Å²) in [5.41, 5.74) is -2.83. The number of amidine groups is 1. The lowest BCUT2D eigenvalue weighted by Crippen LogP contribution is -2.23. The van der Waals surface area contributed by atoms with Gasteiger partial charge in [0.05, 0.1) is 17.7 Å². The number of hydrogen-bond donors (Lipinski definition) is 3. The third kappa shape index (κ3) is 5.99. The number of nitrogens with zero attached hydrogens (tertiary/aromatic N) is 1. The summed E-state index contributed by atoms with van der Waals surface area (Å²) >= 11 is 0. The van der Waals surface area contributed by atoms with E-state index < -0.39 is 47.4 Å². The molecule has 0 fully saturated rings. The average Bonchev–Trinajstić information content (AvgIpc) is 3.21. The van der Waals surface area contributed by atoms with Crippen molar-refractivity contribution in [1.82, 2.24) is 5.32 Å².